The zero-order valence-corrected chi connectivity index (χ0v) is 11.7. The summed E-state index contributed by atoms with van der Waals surface area (Å²) in [5.41, 5.74) is 0. The summed E-state index contributed by atoms with van der Waals surface area (Å²) in [5.74, 6) is 1.01. The van der Waals surface area contributed by atoms with E-state index in [0.29, 0.717) is 18.5 Å². The summed E-state index contributed by atoms with van der Waals surface area (Å²) < 4.78 is 7.00. The van der Waals surface area contributed by atoms with Gasteiger partial charge in [-0.2, -0.15) is 20.1 Å². The lowest BCUT2D eigenvalue weighted by molar-refractivity contribution is 0.274. The predicted octanol–water partition coefficient (Wildman–Crippen LogP) is 2.53. The van der Waals surface area contributed by atoms with Gasteiger partial charge in [-0.1, -0.05) is 13.8 Å². The fraction of sp³-hybridized carbons (Fsp3) is 0.500. The Morgan fingerprint density at radius 1 is 1.32 bits per heavy atom. The molecule has 0 saturated heterocycles. The maximum Gasteiger partial charge on any atom is 0.322 e. The van der Waals surface area contributed by atoms with Crippen LogP contribution in [-0.4, -0.2) is 31.3 Å². The van der Waals surface area contributed by atoms with Crippen molar-refractivity contribution in [3.63, 3.8) is 0 Å². The van der Waals surface area contributed by atoms with Crippen molar-refractivity contribution < 1.29 is 4.74 Å². The highest BCUT2D eigenvalue weighted by atomic mass is 35.5. The average Bonchev–Trinajstić information content (AvgIpc) is 2.87. The highest BCUT2D eigenvalue weighted by Gasteiger charge is 2.08. The van der Waals surface area contributed by atoms with Crippen molar-refractivity contribution in [2.75, 3.05) is 6.61 Å². The van der Waals surface area contributed by atoms with E-state index in [2.05, 4.69) is 33.9 Å². The van der Waals surface area contributed by atoms with E-state index in [-0.39, 0.29) is 11.3 Å². The number of aromatic nitrogens is 5. The lowest BCUT2D eigenvalue weighted by Crippen LogP contribution is -2.08. The Morgan fingerprint density at radius 3 is 2.84 bits per heavy atom. The first kappa shape index (κ1) is 13.7. The van der Waals surface area contributed by atoms with Crippen molar-refractivity contribution in [3.8, 4) is 12.0 Å². The molecule has 0 N–H and O–H groups in total. The molecule has 0 radical (unpaired) electrons. The molecular formula is C12H16ClN5O. The van der Waals surface area contributed by atoms with Gasteiger partial charge in [-0.3, -0.25) is 0 Å². The van der Waals surface area contributed by atoms with E-state index in [1.807, 2.05) is 0 Å². The summed E-state index contributed by atoms with van der Waals surface area (Å²) in [4.78, 5) is 12.1. The molecule has 2 heterocycles. The maximum absolute atomic E-state index is 5.85. The van der Waals surface area contributed by atoms with Crippen molar-refractivity contribution >= 4 is 11.6 Å². The number of rotatable bonds is 6. The molecule has 0 atom stereocenters. The molecule has 0 amide bonds. The smallest absolute Gasteiger partial charge is 0.322 e. The number of ether oxygens (including phenoxy) is 1. The molecule has 0 spiro atoms. The molecule has 0 saturated carbocycles. The number of halogens is 1. The van der Waals surface area contributed by atoms with Crippen molar-refractivity contribution in [1.82, 2.24) is 24.7 Å². The minimum atomic E-state index is 0.0966. The molecule has 0 fully saturated rings. The van der Waals surface area contributed by atoms with Gasteiger partial charge in [0.05, 0.1) is 6.61 Å². The lowest BCUT2D eigenvalue weighted by Gasteiger charge is -2.07. The minimum Gasteiger partial charge on any atom is -0.463 e. The van der Waals surface area contributed by atoms with Gasteiger partial charge in [0.1, 0.15) is 0 Å². The van der Waals surface area contributed by atoms with Gasteiger partial charge in [-0.15, -0.1) is 0 Å². The van der Waals surface area contributed by atoms with Gasteiger partial charge in [0.2, 0.25) is 5.28 Å². The molecule has 102 valence electrons. The van der Waals surface area contributed by atoms with Gasteiger partial charge in [0.25, 0.3) is 5.95 Å². The Bertz CT molecular complexity index is 515. The van der Waals surface area contributed by atoms with Gasteiger partial charge in [0.15, 0.2) is 0 Å². The van der Waals surface area contributed by atoms with Crippen molar-refractivity contribution in [3.05, 3.63) is 23.7 Å². The van der Waals surface area contributed by atoms with Crippen molar-refractivity contribution in [2.24, 2.45) is 5.92 Å². The van der Waals surface area contributed by atoms with E-state index in [1.165, 1.54) is 4.68 Å². The molecular weight excluding hydrogens is 266 g/mol. The van der Waals surface area contributed by atoms with E-state index >= 15 is 0 Å². The van der Waals surface area contributed by atoms with E-state index in [4.69, 9.17) is 16.3 Å². The van der Waals surface area contributed by atoms with E-state index in [9.17, 15) is 0 Å². The Labute approximate surface area is 116 Å². The molecule has 0 bridgehead atoms. The molecule has 6 nitrogen and oxygen atoms in total. The molecule has 0 unspecified atom stereocenters. The molecule has 2 rings (SSSR count). The zero-order valence-electron chi connectivity index (χ0n) is 11.0. The Hall–Kier alpha value is -1.69. The Balaban J connectivity index is 2.01. The van der Waals surface area contributed by atoms with Crippen molar-refractivity contribution in [2.45, 2.75) is 26.7 Å². The van der Waals surface area contributed by atoms with Crippen LogP contribution in [0, 0.1) is 5.92 Å². The monoisotopic (exact) mass is 281 g/mol. The second-order valence-electron chi connectivity index (χ2n) is 4.52. The van der Waals surface area contributed by atoms with E-state index < -0.39 is 0 Å². The van der Waals surface area contributed by atoms with Crippen molar-refractivity contribution in [1.29, 1.82) is 0 Å². The van der Waals surface area contributed by atoms with Crippen LogP contribution < -0.4 is 4.74 Å². The molecule has 2 aromatic rings. The molecule has 2 aromatic heterocycles. The summed E-state index contributed by atoms with van der Waals surface area (Å²) in [6, 6.07) is 2.01. The lowest BCUT2D eigenvalue weighted by atomic mass is 10.1. The van der Waals surface area contributed by atoms with Crippen LogP contribution >= 0.6 is 11.6 Å². The summed E-state index contributed by atoms with van der Waals surface area (Å²) in [6.07, 6.45) is 5.43. The molecule has 7 heteroatoms. The summed E-state index contributed by atoms with van der Waals surface area (Å²) in [7, 11) is 0. The second-order valence-corrected chi connectivity index (χ2v) is 4.86. The Kier molecular flexibility index (Phi) is 4.68. The zero-order chi connectivity index (χ0) is 13.7. The molecule has 0 aliphatic carbocycles. The largest absolute Gasteiger partial charge is 0.463 e. The third-order valence-corrected chi connectivity index (χ3v) is 2.61. The topological polar surface area (TPSA) is 65.7 Å². The van der Waals surface area contributed by atoms with Crippen LogP contribution in [0.25, 0.3) is 5.95 Å². The number of hydrogen-bond donors (Lipinski definition) is 0. The predicted molar refractivity (Wildman–Crippen MR) is 71.5 cm³/mol. The highest BCUT2D eigenvalue weighted by molar-refractivity contribution is 6.28. The first-order chi connectivity index (χ1) is 9.15. The quantitative estimate of drug-likeness (QED) is 0.761. The van der Waals surface area contributed by atoms with Crippen LogP contribution in [0.4, 0.5) is 0 Å². The van der Waals surface area contributed by atoms with Gasteiger partial charge in [-0.05, 0) is 36.4 Å². The second kappa shape index (κ2) is 6.47. The average molecular weight is 282 g/mol. The Morgan fingerprint density at radius 2 is 2.16 bits per heavy atom. The third-order valence-electron chi connectivity index (χ3n) is 2.44. The first-order valence-electron chi connectivity index (χ1n) is 6.19. The van der Waals surface area contributed by atoms with Crippen LogP contribution in [0.1, 0.15) is 26.7 Å². The van der Waals surface area contributed by atoms with Crippen LogP contribution in [0.3, 0.4) is 0 Å². The summed E-state index contributed by atoms with van der Waals surface area (Å²) >= 11 is 5.85. The fourth-order valence-corrected chi connectivity index (χ4v) is 1.68. The van der Waals surface area contributed by atoms with Crippen LogP contribution in [-0.2, 0) is 0 Å². The minimum absolute atomic E-state index is 0.0966. The molecule has 0 aliphatic heterocycles. The SMILES string of the molecule is CC(C)CCCOc1nc(Cl)nc(-n2cccn2)n1. The maximum atomic E-state index is 5.85. The van der Waals surface area contributed by atoms with Crippen LogP contribution in [0.15, 0.2) is 18.5 Å². The fourth-order valence-electron chi connectivity index (χ4n) is 1.53. The molecule has 19 heavy (non-hydrogen) atoms. The standard InChI is InChI=1S/C12H16ClN5O/c1-9(2)5-3-8-19-12-16-10(13)15-11(17-12)18-7-4-6-14-18/h4,6-7,9H,3,5,8H2,1-2H3. The third kappa shape index (κ3) is 4.17. The summed E-state index contributed by atoms with van der Waals surface area (Å²) in [5, 5.41) is 4.13. The van der Waals surface area contributed by atoms with Crippen LogP contribution in [0.2, 0.25) is 5.28 Å². The number of hydrogen-bond acceptors (Lipinski definition) is 5. The van der Waals surface area contributed by atoms with Gasteiger partial charge in [0, 0.05) is 12.4 Å². The molecule has 0 aromatic carbocycles. The highest BCUT2D eigenvalue weighted by Crippen LogP contribution is 2.11. The van der Waals surface area contributed by atoms with Crippen LogP contribution in [0.5, 0.6) is 6.01 Å². The van der Waals surface area contributed by atoms with E-state index in [1.54, 1.807) is 18.5 Å². The van der Waals surface area contributed by atoms with Gasteiger partial charge < -0.3 is 4.74 Å². The first-order valence-corrected chi connectivity index (χ1v) is 6.57. The summed E-state index contributed by atoms with van der Waals surface area (Å²) in [6.45, 7) is 4.92. The van der Waals surface area contributed by atoms with Gasteiger partial charge >= 0.3 is 6.01 Å². The normalized spacial score (nSPS) is 10.9. The van der Waals surface area contributed by atoms with E-state index in [0.717, 1.165) is 12.8 Å². The number of nitrogens with zero attached hydrogens (tertiary/aromatic N) is 5. The van der Waals surface area contributed by atoms with Gasteiger partial charge in [-0.25, -0.2) is 4.68 Å². The molecule has 0 aliphatic rings.